The molecule has 2 aromatic carbocycles. The van der Waals surface area contributed by atoms with E-state index in [-0.39, 0.29) is 11.8 Å². The van der Waals surface area contributed by atoms with Gasteiger partial charge in [-0.3, -0.25) is 4.79 Å². The zero-order valence-corrected chi connectivity index (χ0v) is 13.1. The Labute approximate surface area is 132 Å². The van der Waals surface area contributed by atoms with Gasteiger partial charge in [-0.2, -0.15) is 0 Å². The Morgan fingerprint density at radius 2 is 2.05 bits per heavy atom. The molecule has 0 saturated carbocycles. The third-order valence-electron chi connectivity index (χ3n) is 4.57. The minimum absolute atomic E-state index is 0.170. The topological polar surface area (TPSA) is 41.1 Å². The summed E-state index contributed by atoms with van der Waals surface area (Å²) in [7, 11) is 0. The van der Waals surface area contributed by atoms with Gasteiger partial charge in [0.25, 0.3) is 0 Å². The highest BCUT2D eigenvalue weighted by Crippen LogP contribution is 2.19. The molecule has 2 N–H and O–H groups in total. The minimum atomic E-state index is 0.170. The molecular weight excluding hydrogens is 272 g/mol. The molecule has 22 heavy (non-hydrogen) atoms. The van der Waals surface area contributed by atoms with Gasteiger partial charge in [0, 0.05) is 18.5 Å². The second kappa shape index (κ2) is 6.93. The molecule has 0 radical (unpaired) electrons. The molecule has 0 unspecified atom stereocenters. The molecule has 1 aliphatic rings. The highest BCUT2D eigenvalue weighted by atomic mass is 16.1. The molecule has 0 aliphatic carbocycles. The van der Waals surface area contributed by atoms with Crippen molar-refractivity contribution < 1.29 is 4.79 Å². The standard InChI is InChI=1S/C19H24N2O/c1-14-13-17(10-11-20-14)19(22)21-12-9-16-7-4-6-15-5-2-3-8-18(15)16/h2-8,14,17,20H,9-13H2,1H3,(H,21,22)/t14-,17-/m0/s1. The van der Waals surface area contributed by atoms with E-state index in [1.54, 1.807) is 0 Å². The Bertz CT molecular complexity index is 647. The molecule has 1 fully saturated rings. The van der Waals surface area contributed by atoms with Gasteiger partial charge in [0.05, 0.1) is 0 Å². The quantitative estimate of drug-likeness (QED) is 0.911. The summed E-state index contributed by atoms with van der Waals surface area (Å²) >= 11 is 0. The van der Waals surface area contributed by atoms with E-state index in [0.717, 1.165) is 25.8 Å². The van der Waals surface area contributed by atoms with Crippen LogP contribution in [0.1, 0.15) is 25.3 Å². The Kier molecular flexibility index (Phi) is 4.74. The molecule has 3 nitrogen and oxygen atoms in total. The van der Waals surface area contributed by atoms with Crippen LogP contribution < -0.4 is 10.6 Å². The lowest BCUT2D eigenvalue weighted by Crippen LogP contribution is -2.42. The van der Waals surface area contributed by atoms with Gasteiger partial charge in [-0.15, -0.1) is 0 Å². The maximum atomic E-state index is 12.3. The van der Waals surface area contributed by atoms with Crippen molar-refractivity contribution in [2.45, 2.75) is 32.2 Å². The van der Waals surface area contributed by atoms with Crippen molar-refractivity contribution in [2.75, 3.05) is 13.1 Å². The highest BCUT2D eigenvalue weighted by molar-refractivity contribution is 5.85. The number of hydrogen-bond acceptors (Lipinski definition) is 2. The predicted molar refractivity (Wildman–Crippen MR) is 90.9 cm³/mol. The molecule has 3 heteroatoms. The smallest absolute Gasteiger partial charge is 0.223 e. The second-order valence-electron chi connectivity index (χ2n) is 6.26. The van der Waals surface area contributed by atoms with Crippen LogP contribution in [0.25, 0.3) is 10.8 Å². The number of nitrogens with one attached hydrogen (secondary N) is 2. The summed E-state index contributed by atoms with van der Waals surface area (Å²) in [5.74, 6) is 0.386. The summed E-state index contributed by atoms with van der Waals surface area (Å²) in [5.41, 5.74) is 1.30. The first-order valence-corrected chi connectivity index (χ1v) is 8.22. The number of benzene rings is 2. The number of piperidine rings is 1. The molecule has 0 bridgehead atoms. The molecule has 3 rings (SSSR count). The van der Waals surface area contributed by atoms with Crippen LogP contribution in [0.15, 0.2) is 42.5 Å². The third kappa shape index (κ3) is 3.47. The van der Waals surface area contributed by atoms with E-state index in [0.29, 0.717) is 12.6 Å². The van der Waals surface area contributed by atoms with E-state index in [4.69, 9.17) is 0 Å². The average Bonchev–Trinajstić information content (AvgIpc) is 2.55. The van der Waals surface area contributed by atoms with Crippen molar-refractivity contribution in [3.63, 3.8) is 0 Å². The highest BCUT2D eigenvalue weighted by Gasteiger charge is 2.24. The molecule has 1 saturated heterocycles. The maximum absolute atomic E-state index is 12.3. The van der Waals surface area contributed by atoms with E-state index < -0.39 is 0 Å². The first-order valence-electron chi connectivity index (χ1n) is 8.22. The summed E-state index contributed by atoms with van der Waals surface area (Å²) in [4.78, 5) is 12.3. The van der Waals surface area contributed by atoms with Crippen LogP contribution in [-0.2, 0) is 11.2 Å². The van der Waals surface area contributed by atoms with E-state index in [9.17, 15) is 4.79 Å². The SMILES string of the molecule is C[C@H]1C[C@@H](C(=O)NCCc2cccc3ccccc23)CCN1. The summed E-state index contributed by atoms with van der Waals surface area (Å²) in [6.07, 6.45) is 2.78. The molecule has 2 aromatic rings. The normalized spacial score (nSPS) is 21.7. The van der Waals surface area contributed by atoms with Crippen molar-refractivity contribution in [1.82, 2.24) is 10.6 Å². The number of rotatable bonds is 4. The molecule has 0 aromatic heterocycles. The van der Waals surface area contributed by atoms with Crippen LogP contribution in [0.5, 0.6) is 0 Å². The van der Waals surface area contributed by atoms with Crippen LogP contribution in [0.4, 0.5) is 0 Å². The summed E-state index contributed by atoms with van der Waals surface area (Å²) in [6.45, 7) is 3.81. The Morgan fingerprint density at radius 1 is 1.23 bits per heavy atom. The van der Waals surface area contributed by atoms with E-state index in [1.165, 1.54) is 16.3 Å². The Morgan fingerprint density at radius 3 is 2.91 bits per heavy atom. The fourth-order valence-corrected chi connectivity index (χ4v) is 3.35. The molecule has 1 heterocycles. The van der Waals surface area contributed by atoms with Crippen LogP contribution in [0.3, 0.4) is 0 Å². The number of amides is 1. The van der Waals surface area contributed by atoms with E-state index in [2.05, 4.69) is 60.0 Å². The molecule has 0 spiro atoms. The fourth-order valence-electron chi connectivity index (χ4n) is 3.35. The first-order chi connectivity index (χ1) is 10.7. The Hall–Kier alpha value is -1.87. The lowest BCUT2D eigenvalue weighted by atomic mass is 9.92. The molecule has 2 atom stereocenters. The largest absolute Gasteiger partial charge is 0.356 e. The van der Waals surface area contributed by atoms with Crippen molar-refractivity contribution in [2.24, 2.45) is 5.92 Å². The Balaban J connectivity index is 1.57. The van der Waals surface area contributed by atoms with E-state index >= 15 is 0 Å². The van der Waals surface area contributed by atoms with Crippen molar-refractivity contribution in [1.29, 1.82) is 0 Å². The van der Waals surface area contributed by atoms with Gasteiger partial charge < -0.3 is 10.6 Å². The van der Waals surface area contributed by atoms with Crippen LogP contribution >= 0.6 is 0 Å². The average molecular weight is 296 g/mol. The molecular formula is C19H24N2O. The maximum Gasteiger partial charge on any atom is 0.223 e. The van der Waals surface area contributed by atoms with Crippen molar-refractivity contribution in [3.8, 4) is 0 Å². The number of hydrogen-bond donors (Lipinski definition) is 2. The zero-order chi connectivity index (χ0) is 15.4. The van der Waals surface area contributed by atoms with Crippen LogP contribution in [0.2, 0.25) is 0 Å². The zero-order valence-electron chi connectivity index (χ0n) is 13.1. The summed E-state index contributed by atoms with van der Waals surface area (Å²) in [6, 6.07) is 15.2. The first kappa shape index (κ1) is 15.0. The van der Waals surface area contributed by atoms with Gasteiger partial charge in [-0.05, 0) is 49.1 Å². The van der Waals surface area contributed by atoms with Gasteiger partial charge in [-0.1, -0.05) is 42.5 Å². The van der Waals surface area contributed by atoms with Gasteiger partial charge in [-0.25, -0.2) is 0 Å². The molecule has 1 aliphatic heterocycles. The third-order valence-corrected chi connectivity index (χ3v) is 4.57. The van der Waals surface area contributed by atoms with Gasteiger partial charge >= 0.3 is 0 Å². The number of carbonyl (C=O) groups excluding carboxylic acids is 1. The van der Waals surface area contributed by atoms with Crippen LogP contribution in [-0.4, -0.2) is 25.0 Å². The fraction of sp³-hybridized carbons (Fsp3) is 0.421. The molecule has 116 valence electrons. The second-order valence-corrected chi connectivity index (χ2v) is 6.26. The number of fused-ring (bicyclic) bond motifs is 1. The monoisotopic (exact) mass is 296 g/mol. The minimum Gasteiger partial charge on any atom is -0.356 e. The predicted octanol–water partition coefficient (Wildman–Crippen LogP) is 2.89. The van der Waals surface area contributed by atoms with Crippen molar-refractivity contribution >= 4 is 16.7 Å². The molecule has 1 amide bonds. The van der Waals surface area contributed by atoms with Crippen molar-refractivity contribution in [3.05, 3.63) is 48.0 Å². The van der Waals surface area contributed by atoms with E-state index in [1.807, 2.05) is 0 Å². The van der Waals surface area contributed by atoms with Gasteiger partial charge in [0.2, 0.25) is 5.91 Å². The summed E-state index contributed by atoms with van der Waals surface area (Å²) < 4.78 is 0. The van der Waals surface area contributed by atoms with Crippen LogP contribution in [0, 0.1) is 5.92 Å². The van der Waals surface area contributed by atoms with Gasteiger partial charge in [0.15, 0.2) is 0 Å². The summed E-state index contributed by atoms with van der Waals surface area (Å²) in [5, 5.41) is 9.06. The van der Waals surface area contributed by atoms with Gasteiger partial charge in [0.1, 0.15) is 0 Å². The lowest BCUT2D eigenvalue weighted by molar-refractivity contribution is -0.126. The lowest BCUT2D eigenvalue weighted by Gasteiger charge is -2.27. The number of carbonyl (C=O) groups is 1.